The van der Waals surface area contributed by atoms with Crippen molar-refractivity contribution in [1.29, 1.82) is 0 Å². The summed E-state index contributed by atoms with van der Waals surface area (Å²) in [7, 11) is 0. The summed E-state index contributed by atoms with van der Waals surface area (Å²) in [5.41, 5.74) is 8.80. The summed E-state index contributed by atoms with van der Waals surface area (Å²) in [5.74, 6) is -0.00668. The molecule has 3 rings (SSSR count). The van der Waals surface area contributed by atoms with Gasteiger partial charge < -0.3 is 11.1 Å². The monoisotopic (exact) mass is 336 g/mol. The summed E-state index contributed by atoms with van der Waals surface area (Å²) >= 11 is 0. The molecule has 0 aliphatic carbocycles. The maximum atomic E-state index is 12.7. The van der Waals surface area contributed by atoms with Crippen LogP contribution in [-0.4, -0.2) is 11.8 Å². The summed E-state index contributed by atoms with van der Waals surface area (Å²) in [6.45, 7) is 4.27. The number of anilines is 1. The Morgan fingerprint density at radius 1 is 1.12 bits per heavy atom. The number of carbonyl (C=O) groups is 2. The van der Waals surface area contributed by atoms with Crippen LogP contribution in [0.5, 0.6) is 0 Å². The molecule has 130 valence electrons. The number of hydrogen-bond acceptors (Lipinski definition) is 2. The fourth-order valence-electron chi connectivity index (χ4n) is 3.67. The van der Waals surface area contributed by atoms with E-state index in [1.54, 1.807) is 12.1 Å². The molecule has 3 N–H and O–H groups in total. The predicted molar refractivity (Wildman–Crippen MR) is 99.4 cm³/mol. The molecule has 0 saturated heterocycles. The van der Waals surface area contributed by atoms with E-state index < -0.39 is 5.91 Å². The van der Waals surface area contributed by atoms with Crippen LogP contribution in [0.3, 0.4) is 0 Å². The average molecular weight is 336 g/mol. The first-order valence-electron chi connectivity index (χ1n) is 8.74. The Morgan fingerprint density at radius 3 is 2.48 bits per heavy atom. The van der Waals surface area contributed by atoms with Crippen molar-refractivity contribution in [3.05, 3.63) is 65.2 Å². The standard InChI is InChI=1S/C21H24N2O2/c1-13(2)10-18-17(11-14-6-4-3-5-7-14)16-9-8-15(20(22)24)12-19(16)23-21(18)25/h3-9,12-13,17-18H,10-11H2,1-2H3,(H2,22,24)(H,23,25). The van der Waals surface area contributed by atoms with E-state index in [0.717, 1.165) is 18.4 Å². The van der Waals surface area contributed by atoms with Crippen LogP contribution >= 0.6 is 0 Å². The molecule has 0 fully saturated rings. The third kappa shape index (κ3) is 3.73. The van der Waals surface area contributed by atoms with Gasteiger partial charge in [-0.15, -0.1) is 0 Å². The number of nitrogens with two attached hydrogens (primary N) is 1. The van der Waals surface area contributed by atoms with Crippen LogP contribution < -0.4 is 11.1 Å². The molecular formula is C21H24N2O2. The van der Waals surface area contributed by atoms with Crippen LogP contribution in [0.4, 0.5) is 5.69 Å². The molecule has 1 aliphatic heterocycles. The highest BCUT2D eigenvalue weighted by Crippen LogP contribution is 2.41. The Hall–Kier alpha value is -2.62. The van der Waals surface area contributed by atoms with Crippen molar-refractivity contribution in [2.75, 3.05) is 5.32 Å². The summed E-state index contributed by atoms with van der Waals surface area (Å²) < 4.78 is 0. The fourth-order valence-corrected chi connectivity index (χ4v) is 3.67. The maximum Gasteiger partial charge on any atom is 0.248 e. The molecule has 2 atom stereocenters. The zero-order chi connectivity index (χ0) is 18.0. The van der Waals surface area contributed by atoms with Crippen LogP contribution in [0, 0.1) is 11.8 Å². The zero-order valence-electron chi connectivity index (χ0n) is 14.7. The minimum atomic E-state index is -0.485. The van der Waals surface area contributed by atoms with Crippen molar-refractivity contribution < 1.29 is 9.59 Å². The molecule has 0 saturated carbocycles. The molecule has 25 heavy (non-hydrogen) atoms. The summed E-state index contributed by atoms with van der Waals surface area (Å²) in [6.07, 6.45) is 1.63. The van der Waals surface area contributed by atoms with Gasteiger partial charge in [0.2, 0.25) is 11.8 Å². The number of primary amides is 1. The lowest BCUT2D eigenvalue weighted by molar-refractivity contribution is -0.121. The topological polar surface area (TPSA) is 72.2 Å². The van der Waals surface area contributed by atoms with E-state index in [1.165, 1.54) is 5.56 Å². The van der Waals surface area contributed by atoms with E-state index in [0.29, 0.717) is 17.2 Å². The molecule has 0 bridgehead atoms. The minimum absolute atomic E-state index is 0.0313. The van der Waals surface area contributed by atoms with Gasteiger partial charge in [0, 0.05) is 23.1 Å². The quantitative estimate of drug-likeness (QED) is 0.873. The van der Waals surface area contributed by atoms with Crippen LogP contribution in [-0.2, 0) is 11.2 Å². The van der Waals surface area contributed by atoms with Crippen molar-refractivity contribution in [3.8, 4) is 0 Å². The number of benzene rings is 2. The van der Waals surface area contributed by atoms with Crippen molar-refractivity contribution in [2.45, 2.75) is 32.6 Å². The lowest BCUT2D eigenvalue weighted by Gasteiger charge is -2.34. The molecule has 2 aromatic carbocycles. The molecule has 4 heteroatoms. The predicted octanol–water partition coefficient (Wildman–Crippen LogP) is 3.73. The van der Waals surface area contributed by atoms with E-state index in [4.69, 9.17) is 5.73 Å². The highest BCUT2D eigenvalue weighted by Gasteiger charge is 2.36. The van der Waals surface area contributed by atoms with Gasteiger partial charge in [-0.05, 0) is 42.0 Å². The molecule has 0 radical (unpaired) electrons. The second-order valence-electron chi connectivity index (χ2n) is 7.19. The van der Waals surface area contributed by atoms with Crippen molar-refractivity contribution in [3.63, 3.8) is 0 Å². The molecule has 2 aromatic rings. The Bertz CT molecular complexity index is 784. The van der Waals surface area contributed by atoms with Crippen molar-refractivity contribution in [1.82, 2.24) is 0 Å². The van der Waals surface area contributed by atoms with E-state index in [-0.39, 0.29) is 17.7 Å². The molecule has 0 aromatic heterocycles. The number of nitrogens with one attached hydrogen (secondary N) is 1. The van der Waals surface area contributed by atoms with E-state index in [9.17, 15) is 9.59 Å². The minimum Gasteiger partial charge on any atom is -0.366 e. The van der Waals surface area contributed by atoms with Gasteiger partial charge in [-0.3, -0.25) is 9.59 Å². The highest BCUT2D eigenvalue weighted by molar-refractivity contribution is 5.99. The molecule has 2 unspecified atom stereocenters. The smallest absolute Gasteiger partial charge is 0.248 e. The van der Waals surface area contributed by atoms with Crippen LogP contribution in [0.1, 0.15) is 47.7 Å². The largest absolute Gasteiger partial charge is 0.366 e. The number of hydrogen-bond donors (Lipinski definition) is 2. The zero-order valence-corrected chi connectivity index (χ0v) is 14.7. The van der Waals surface area contributed by atoms with Gasteiger partial charge in [0.15, 0.2) is 0 Å². The number of rotatable bonds is 5. The summed E-state index contributed by atoms with van der Waals surface area (Å²) in [5, 5.41) is 2.98. The maximum absolute atomic E-state index is 12.7. The first-order valence-corrected chi connectivity index (χ1v) is 8.74. The lowest BCUT2D eigenvalue weighted by atomic mass is 9.74. The molecule has 2 amide bonds. The second-order valence-corrected chi connectivity index (χ2v) is 7.19. The van der Waals surface area contributed by atoms with E-state index in [2.05, 4.69) is 31.3 Å². The van der Waals surface area contributed by atoms with Crippen molar-refractivity contribution in [2.24, 2.45) is 17.6 Å². The highest BCUT2D eigenvalue weighted by atomic mass is 16.2. The van der Waals surface area contributed by atoms with Crippen molar-refractivity contribution >= 4 is 17.5 Å². The first kappa shape index (κ1) is 17.2. The Labute approximate surface area is 148 Å². The van der Waals surface area contributed by atoms with E-state index in [1.807, 2.05) is 24.3 Å². The fraction of sp³-hybridized carbons (Fsp3) is 0.333. The van der Waals surface area contributed by atoms with Gasteiger partial charge in [0.1, 0.15) is 0 Å². The molecular weight excluding hydrogens is 312 g/mol. The normalized spacial score (nSPS) is 19.4. The Morgan fingerprint density at radius 2 is 1.84 bits per heavy atom. The van der Waals surface area contributed by atoms with Crippen LogP contribution in [0.2, 0.25) is 0 Å². The van der Waals surface area contributed by atoms with Gasteiger partial charge in [-0.25, -0.2) is 0 Å². The molecule has 4 nitrogen and oxygen atoms in total. The third-order valence-corrected chi connectivity index (χ3v) is 4.84. The molecule has 1 aliphatic rings. The first-order chi connectivity index (χ1) is 12.0. The SMILES string of the molecule is CC(C)CC1C(=O)Nc2cc(C(N)=O)ccc2C1Cc1ccccc1. The molecule has 0 spiro atoms. The lowest BCUT2D eigenvalue weighted by Crippen LogP contribution is -2.35. The Kier molecular flexibility index (Phi) is 4.88. The van der Waals surface area contributed by atoms with Gasteiger partial charge in [-0.1, -0.05) is 50.2 Å². The summed E-state index contributed by atoms with van der Waals surface area (Å²) in [6, 6.07) is 15.6. The number of amides is 2. The second kappa shape index (κ2) is 7.09. The average Bonchev–Trinajstić information content (AvgIpc) is 2.58. The van der Waals surface area contributed by atoms with Gasteiger partial charge in [0.05, 0.1) is 0 Å². The van der Waals surface area contributed by atoms with Gasteiger partial charge >= 0.3 is 0 Å². The summed E-state index contributed by atoms with van der Waals surface area (Å²) in [4.78, 5) is 24.2. The Balaban J connectivity index is 2.02. The third-order valence-electron chi connectivity index (χ3n) is 4.84. The molecule has 1 heterocycles. The van der Waals surface area contributed by atoms with E-state index >= 15 is 0 Å². The number of fused-ring (bicyclic) bond motifs is 1. The van der Waals surface area contributed by atoms with Gasteiger partial charge in [0.25, 0.3) is 0 Å². The van der Waals surface area contributed by atoms with Crippen LogP contribution in [0.15, 0.2) is 48.5 Å². The van der Waals surface area contributed by atoms with Gasteiger partial charge in [-0.2, -0.15) is 0 Å². The van der Waals surface area contributed by atoms with Crippen LogP contribution in [0.25, 0.3) is 0 Å². The number of carbonyl (C=O) groups excluding carboxylic acids is 2.